The molecule has 0 heterocycles. The summed E-state index contributed by atoms with van der Waals surface area (Å²) in [6.07, 6.45) is -1.24. The average molecular weight is 445 g/mol. The van der Waals surface area contributed by atoms with Crippen molar-refractivity contribution >= 4 is 17.6 Å². The molecule has 166 valence electrons. The second-order valence-corrected chi connectivity index (χ2v) is 7.11. The van der Waals surface area contributed by atoms with Crippen molar-refractivity contribution in [2.75, 3.05) is 19.7 Å². The minimum Gasteiger partial charge on any atom is -0.491 e. The Hall–Kier alpha value is -1.62. The first-order valence-electron chi connectivity index (χ1n) is 9.02. The Kier molecular flexibility index (Phi) is 10.7. The average Bonchev–Trinajstić information content (AvgIpc) is 2.67. The Morgan fingerprint density at radius 1 is 1.31 bits per heavy atom. The number of aliphatic hydroxyl groups is 1. The number of hydrogen-bond donors (Lipinski definition) is 4. The maximum absolute atomic E-state index is 13.3. The molecule has 1 fully saturated rings. The zero-order valence-corrected chi connectivity index (χ0v) is 16.3. The summed E-state index contributed by atoms with van der Waals surface area (Å²) in [5.74, 6) is -2.27. The van der Waals surface area contributed by atoms with Crippen LogP contribution in [0.25, 0.3) is 0 Å². The van der Waals surface area contributed by atoms with Crippen LogP contribution in [0.4, 0.5) is 17.6 Å². The van der Waals surface area contributed by atoms with Crippen LogP contribution < -0.4 is 15.8 Å². The van der Waals surface area contributed by atoms with Gasteiger partial charge in [0.15, 0.2) is 0 Å². The number of nitrogens with one attached hydrogen (secondary N) is 1. The summed E-state index contributed by atoms with van der Waals surface area (Å²) in [6.45, 7) is 1.35. The van der Waals surface area contributed by atoms with E-state index in [1.807, 2.05) is 0 Å². The van der Waals surface area contributed by atoms with Gasteiger partial charge in [-0.1, -0.05) is 11.6 Å². The van der Waals surface area contributed by atoms with Crippen LogP contribution in [0.3, 0.4) is 0 Å². The second kappa shape index (κ2) is 12.2. The van der Waals surface area contributed by atoms with Gasteiger partial charge in [-0.2, -0.15) is 13.2 Å². The van der Waals surface area contributed by atoms with Crippen LogP contribution >= 0.6 is 11.6 Å². The van der Waals surface area contributed by atoms with Crippen LogP contribution in [0.1, 0.15) is 25.7 Å². The number of aliphatic hydroxyl groups excluding tert-OH is 1. The normalized spacial score (nSPS) is 20.4. The molecule has 0 aliphatic heterocycles. The van der Waals surface area contributed by atoms with Gasteiger partial charge in [0.05, 0.1) is 5.02 Å². The Bertz CT molecular complexity index is 641. The van der Waals surface area contributed by atoms with Gasteiger partial charge in [0, 0.05) is 18.7 Å². The number of carboxylic acids is 1. The minimum absolute atomic E-state index is 0.0580. The third kappa shape index (κ3) is 10.1. The molecule has 0 bridgehead atoms. The lowest BCUT2D eigenvalue weighted by molar-refractivity contribution is -0.192. The Balaban J connectivity index is 0.000000516. The highest BCUT2D eigenvalue weighted by atomic mass is 35.5. The highest BCUT2D eigenvalue weighted by molar-refractivity contribution is 6.30. The number of aliphatic carboxylic acids is 1. The summed E-state index contributed by atoms with van der Waals surface area (Å²) in [7, 11) is 0. The van der Waals surface area contributed by atoms with Crippen molar-refractivity contribution in [3.63, 3.8) is 0 Å². The largest absolute Gasteiger partial charge is 0.491 e. The number of carboxylic acid groups (broad SMARTS) is 1. The van der Waals surface area contributed by atoms with Crippen molar-refractivity contribution < 1.29 is 37.3 Å². The fraction of sp³-hybridized carbons (Fsp3) is 0.611. The van der Waals surface area contributed by atoms with Gasteiger partial charge in [0.2, 0.25) is 0 Å². The zero-order chi connectivity index (χ0) is 22.0. The quantitative estimate of drug-likeness (QED) is 0.482. The first kappa shape index (κ1) is 25.4. The fourth-order valence-electron chi connectivity index (χ4n) is 2.72. The molecule has 1 aliphatic carbocycles. The molecule has 1 aromatic carbocycles. The van der Waals surface area contributed by atoms with E-state index in [1.165, 1.54) is 12.1 Å². The van der Waals surface area contributed by atoms with Crippen LogP contribution in [-0.2, 0) is 4.79 Å². The zero-order valence-electron chi connectivity index (χ0n) is 15.6. The Morgan fingerprint density at radius 3 is 2.38 bits per heavy atom. The molecule has 1 aliphatic rings. The lowest BCUT2D eigenvalue weighted by Crippen LogP contribution is -2.40. The first-order chi connectivity index (χ1) is 13.5. The molecule has 0 spiro atoms. The third-order valence-electron chi connectivity index (χ3n) is 4.40. The fourth-order valence-corrected chi connectivity index (χ4v) is 2.84. The number of alkyl halides is 3. The first-order valence-corrected chi connectivity index (χ1v) is 9.40. The molecule has 1 unspecified atom stereocenters. The predicted molar refractivity (Wildman–Crippen MR) is 99.4 cm³/mol. The summed E-state index contributed by atoms with van der Waals surface area (Å²) >= 11 is 5.60. The lowest BCUT2D eigenvalue weighted by atomic mass is 9.86. The molecule has 11 heteroatoms. The molecule has 0 radical (unpaired) electrons. The van der Waals surface area contributed by atoms with E-state index < -0.39 is 24.1 Å². The smallest absolute Gasteiger partial charge is 0.490 e. The molecule has 29 heavy (non-hydrogen) atoms. The third-order valence-corrected chi connectivity index (χ3v) is 4.70. The molecular formula is C18H25ClF4N2O4. The van der Waals surface area contributed by atoms with E-state index in [1.54, 1.807) is 6.07 Å². The van der Waals surface area contributed by atoms with Gasteiger partial charge < -0.3 is 26.0 Å². The summed E-state index contributed by atoms with van der Waals surface area (Å²) in [5.41, 5.74) is 5.67. The number of nitrogens with two attached hydrogens (primary N) is 1. The maximum atomic E-state index is 13.3. The summed E-state index contributed by atoms with van der Waals surface area (Å²) in [6, 6.07) is 4.67. The van der Waals surface area contributed by atoms with Gasteiger partial charge in [-0.25, -0.2) is 9.18 Å². The van der Waals surface area contributed by atoms with Gasteiger partial charge in [0.25, 0.3) is 0 Å². The SMILES string of the molecule is NC[C@H]1CC[C@H](NCC(O)COc2ccc(Cl)c(F)c2)CC1.O=C(O)C(F)(F)F. The molecule has 2 rings (SSSR count). The van der Waals surface area contributed by atoms with Crippen LogP contribution in [0, 0.1) is 11.7 Å². The molecule has 1 aromatic rings. The second-order valence-electron chi connectivity index (χ2n) is 6.71. The number of hydrogen-bond acceptors (Lipinski definition) is 5. The minimum atomic E-state index is -5.08. The van der Waals surface area contributed by atoms with Crippen LogP contribution in [-0.4, -0.2) is 54.2 Å². The van der Waals surface area contributed by atoms with E-state index in [4.69, 9.17) is 32.0 Å². The molecule has 1 atom stereocenters. The van der Waals surface area contributed by atoms with E-state index in [2.05, 4.69) is 5.32 Å². The molecular weight excluding hydrogens is 420 g/mol. The van der Waals surface area contributed by atoms with E-state index in [0.29, 0.717) is 24.3 Å². The molecule has 0 saturated heterocycles. The molecule has 0 aromatic heterocycles. The van der Waals surface area contributed by atoms with E-state index in [9.17, 15) is 22.7 Å². The van der Waals surface area contributed by atoms with Crippen molar-refractivity contribution in [1.82, 2.24) is 5.32 Å². The van der Waals surface area contributed by atoms with Crippen LogP contribution in [0.2, 0.25) is 5.02 Å². The van der Waals surface area contributed by atoms with Gasteiger partial charge in [-0.05, 0) is 50.3 Å². The molecule has 6 nitrogen and oxygen atoms in total. The van der Waals surface area contributed by atoms with Gasteiger partial charge in [-0.3, -0.25) is 0 Å². The van der Waals surface area contributed by atoms with E-state index in [0.717, 1.165) is 32.2 Å². The van der Waals surface area contributed by atoms with E-state index in [-0.39, 0.29) is 11.6 Å². The summed E-state index contributed by atoms with van der Waals surface area (Å²) in [5, 5.41) is 20.5. The Morgan fingerprint density at radius 2 is 1.90 bits per heavy atom. The number of rotatable bonds is 7. The summed E-state index contributed by atoms with van der Waals surface area (Å²) in [4.78, 5) is 8.90. The van der Waals surface area contributed by atoms with Gasteiger partial charge in [0.1, 0.15) is 24.3 Å². The highest BCUT2D eigenvalue weighted by Gasteiger charge is 2.38. The number of ether oxygens (including phenoxy) is 1. The number of carbonyl (C=O) groups is 1. The van der Waals surface area contributed by atoms with Crippen molar-refractivity contribution in [2.45, 2.75) is 44.0 Å². The van der Waals surface area contributed by atoms with Crippen molar-refractivity contribution in [3.8, 4) is 5.75 Å². The highest BCUT2D eigenvalue weighted by Crippen LogP contribution is 2.23. The van der Waals surface area contributed by atoms with Crippen LogP contribution in [0.5, 0.6) is 5.75 Å². The van der Waals surface area contributed by atoms with Gasteiger partial charge >= 0.3 is 12.1 Å². The predicted octanol–water partition coefficient (Wildman–Crippen LogP) is 2.96. The number of halogens is 5. The van der Waals surface area contributed by atoms with Gasteiger partial charge in [-0.15, -0.1) is 0 Å². The molecule has 5 N–H and O–H groups in total. The van der Waals surface area contributed by atoms with Crippen molar-refractivity contribution in [2.24, 2.45) is 11.7 Å². The number of benzene rings is 1. The standard InChI is InChI=1S/C16H24ClFN2O2.C2HF3O2/c17-15-6-5-14(7-16(15)18)22-10-13(21)9-20-12-3-1-11(8-19)2-4-12;3-2(4,5)1(6)7/h5-7,11-13,20-21H,1-4,8-10,19H2;(H,6,7)/t11-,12-,13?;. The Labute approximate surface area is 171 Å². The molecule has 0 amide bonds. The van der Waals surface area contributed by atoms with E-state index >= 15 is 0 Å². The maximum Gasteiger partial charge on any atom is 0.490 e. The monoisotopic (exact) mass is 444 g/mol. The van der Waals surface area contributed by atoms with Crippen molar-refractivity contribution in [1.29, 1.82) is 0 Å². The van der Waals surface area contributed by atoms with Crippen molar-refractivity contribution in [3.05, 3.63) is 29.0 Å². The molecule has 1 saturated carbocycles. The summed E-state index contributed by atoms with van der Waals surface area (Å²) < 4.78 is 50.4. The lowest BCUT2D eigenvalue weighted by Gasteiger charge is -2.29. The topological polar surface area (TPSA) is 105 Å². The van der Waals surface area contributed by atoms with Crippen LogP contribution in [0.15, 0.2) is 18.2 Å².